The van der Waals surface area contributed by atoms with Crippen molar-refractivity contribution in [3.05, 3.63) is 66.4 Å². The number of hydrogen-bond donors (Lipinski definition) is 1. The number of rotatable bonds is 4. The van der Waals surface area contributed by atoms with E-state index in [1.165, 1.54) is 34.9 Å². The van der Waals surface area contributed by atoms with E-state index in [4.69, 9.17) is 0 Å². The van der Waals surface area contributed by atoms with E-state index in [1.54, 1.807) is 0 Å². The molecule has 1 saturated carbocycles. The zero-order valence-electron chi connectivity index (χ0n) is 11.9. The largest absolute Gasteiger partial charge is 0.310 e. The topological polar surface area (TPSA) is 24.9 Å². The third-order valence-corrected chi connectivity index (χ3v) is 4.06. The maximum atomic E-state index is 4.37. The average molecular weight is 274 g/mol. The van der Waals surface area contributed by atoms with Gasteiger partial charge in [-0.3, -0.25) is 4.98 Å². The summed E-state index contributed by atoms with van der Waals surface area (Å²) < 4.78 is 0. The van der Waals surface area contributed by atoms with Gasteiger partial charge in [0.2, 0.25) is 0 Å². The number of nitrogens with one attached hydrogen (secondary N) is 1. The van der Waals surface area contributed by atoms with E-state index < -0.39 is 0 Å². The minimum atomic E-state index is 0.762. The molecule has 2 heteroatoms. The van der Waals surface area contributed by atoms with E-state index in [0.29, 0.717) is 0 Å². The summed E-state index contributed by atoms with van der Waals surface area (Å²) in [6.07, 6.45) is 4.51. The summed E-state index contributed by atoms with van der Waals surface area (Å²) in [4.78, 5) is 4.37. The molecule has 0 radical (unpaired) electrons. The second-order valence-corrected chi connectivity index (χ2v) is 5.76. The molecule has 0 saturated heterocycles. The third-order valence-electron chi connectivity index (χ3n) is 4.06. The Hall–Kier alpha value is -2.19. The quantitative estimate of drug-likeness (QED) is 0.773. The van der Waals surface area contributed by atoms with Crippen LogP contribution >= 0.6 is 0 Å². The molecule has 3 aromatic rings. The second kappa shape index (κ2) is 5.30. The van der Waals surface area contributed by atoms with E-state index in [1.807, 2.05) is 12.3 Å². The standard InChI is InChI=1S/C19H18N2/c1-2-17-12-16(7-10-19(17)20-11-1)15-5-3-14(4-6-15)13-21-18-8-9-18/h1-7,10-12,18,21H,8-9,13H2. The van der Waals surface area contributed by atoms with Gasteiger partial charge in [-0.2, -0.15) is 0 Å². The van der Waals surface area contributed by atoms with Crippen LogP contribution in [0.4, 0.5) is 0 Å². The first-order valence-electron chi connectivity index (χ1n) is 7.56. The molecular formula is C19H18N2. The minimum absolute atomic E-state index is 0.762. The molecule has 1 aromatic heterocycles. The molecule has 21 heavy (non-hydrogen) atoms. The summed E-state index contributed by atoms with van der Waals surface area (Å²) in [6, 6.07) is 20.2. The van der Waals surface area contributed by atoms with Crippen molar-refractivity contribution in [2.24, 2.45) is 0 Å². The molecule has 4 rings (SSSR count). The van der Waals surface area contributed by atoms with Gasteiger partial charge in [0.05, 0.1) is 5.52 Å². The second-order valence-electron chi connectivity index (χ2n) is 5.76. The normalized spacial score (nSPS) is 14.5. The number of nitrogens with zero attached hydrogens (tertiary/aromatic N) is 1. The fourth-order valence-electron chi connectivity index (χ4n) is 2.62. The fourth-order valence-corrected chi connectivity index (χ4v) is 2.62. The lowest BCUT2D eigenvalue weighted by Gasteiger charge is -2.06. The van der Waals surface area contributed by atoms with Crippen LogP contribution in [0.25, 0.3) is 22.0 Å². The maximum absolute atomic E-state index is 4.37. The fraction of sp³-hybridized carbons (Fsp3) is 0.211. The molecule has 1 heterocycles. The monoisotopic (exact) mass is 274 g/mol. The van der Waals surface area contributed by atoms with Crippen molar-refractivity contribution in [3.8, 4) is 11.1 Å². The van der Waals surface area contributed by atoms with Crippen molar-refractivity contribution in [2.45, 2.75) is 25.4 Å². The molecule has 0 aliphatic heterocycles. The van der Waals surface area contributed by atoms with Crippen molar-refractivity contribution >= 4 is 10.9 Å². The van der Waals surface area contributed by atoms with Crippen LogP contribution in [0.15, 0.2) is 60.8 Å². The van der Waals surface area contributed by atoms with Crippen LogP contribution in [0.2, 0.25) is 0 Å². The molecule has 0 spiro atoms. The Bertz CT molecular complexity index is 758. The highest BCUT2D eigenvalue weighted by Crippen LogP contribution is 2.24. The van der Waals surface area contributed by atoms with E-state index in [-0.39, 0.29) is 0 Å². The van der Waals surface area contributed by atoms with Gasteiger partial charge in [-0.1, -0.05) is 36.4 Å². The van der Waals surface area contributed by atoms with Crippen molar-refractivity contribution in [3.63, 3.8) is 0 Å². The average Bonchev–Trinajstić information content (AvgIpc) is 3.37. The minimum Gasteiger partial charge on any atom is -0.310 e. The first kappa shape index (κ1) is 12.5. The van der Waals surface area contributed by atoms with Gasteiger partial charge in [-0.05, 0) is 47.7 Å². The zero-order valence-corrected chi connectivity index (χ0v) is 11.9. The molecule has 0 unspecified atom stereocenters. The summed E-state index contributed by atoms with van der Waals surface area (Å²) in [5.41, 5.74) is 4.91. The molecule has 1 fully saturated rings. The molecule has 0 atom stereocenters. The molecule has 0 amide bonds. The van der Waals surface area contributed by atoms with Crippen LogP contribution in [0.5, 0.6) is 0 Å². The van der Waals surface area contributed by atoms with Gasteiger partial charge in [0, 0.05) is 24.2 Å². The summed E-state index contributed by atoms with van der Waals surface area (Å²) in [5.74, 6) is 0. The van der Waals surface area contributed by atoms with Crippen molar-refractivity contribution < 1.29 is 0 Å². The summed E-state index contributed by atoms with van der Waals surface area (Å²) >= 11 is 0. The SMILES string of the molecule is c1cnc2ccc(-c3ccc(CNC4CC4)cc3)cc2c1. The van der Waals surface area contributed by atoms with Gasteiger partial charge in [-0.15, -0.1) is 0 Å². The number of hydrogen-bond acceptors (Lipinski definition) is 2. The summed E-state index contributed by atoms with van der Waals surface area (Å²) in [7, 11) is 0. The lowest BCUT2D eigenvalue weighted by atomic mass is 10.0. The Kier molecular flexibility index (Phi) is 3.17. The van der Waals surface area contributed by atoms with Gasteiger partial charge in [0.1, 0.15) is 0 Å². The van der Waals surface area contributed by atoms with E-state index in [9.17, 15) is 0 Å². The highest BCUT2D eigenvalue weighted by atomic mass is 14.9. The summed E-state index contributed by atoms with van der Waals surface area (Å²) in [6.45, 7) is 0.979. The number of pyridine rings is 1. The Morgan fingerprint density at radius 1 is 0.952 bits per heavy atom. The van der Waals surface area contributed by atoms with Gasteiger partial charge >= 0.3 is 0 Å². The van der Waals surface area contributed by atoms with E-state index in [2.05, 4.69) is 58.8 Å². The Balaban J connectivity index is 1.58. The molecule has 1 aliphatic rings. The van der Waals surface area contributed by atoms with Crippen molar-refractivity contribution in [1.29, 1.82) is 0 Å². The molecule has 1 N–H and O–H groups in total. The van der Waals surface area contributed by atoms with Gasteiger partial charge in [-0.25, -0.2) is 0 Å². The van der Waals surface area contributed by atoms with Crippen molar-refractivity contribution in [2.75, 3.05) is 0 Å². The Morgan fingerprint density at radius 2 is 1.76 bits per heavy atom. The first-order valence-corrected chi connectivity index (χ1v) is 7.56. The molecule has 104 valence electrons. The lowest BCUT2D eigenvalue weighted by molar-refractivity contribution is 0.688. The smallest absolute Gasteiger partial charge is 0.0702 e. The van der Waals surface area contributed by atoms with E-state index in [0.717, 1.165) is 18.1 Å². The Labute approximate surface area is 124 Å². The van der Waals surface area contributed by atoms with Crippen LogP contribution in [-0.4, -0.2) is 11.0 Å². The molecular weight excluding hydrogens is 256 g/mol. The van der Waals surface area contributed by atoms with Crippen LogP contribution in [-0.2, 0) is 6.54 Å². The van der Waals surface area contributed by atoms with Gasteiger partial charge in [0.25, 0.3) is 0 Å². The lowest BCUT2D eigenvalue weighted by Crippen LogP contribution is -2.14. The maximum Gasteiger partial charge on any atom is 0.0702 e. The molecule has 1 aliphatic carbocycles. The van der Waals surface area contributed by atoms with Crippen LogP contribution in [0, 0.1) is 0 Å². The molecule has 2 nitrogen and oxygen atoms in total. The third kappa shape index (κ3) is 2.81. The van der Waals surface area contributed by atoms with Gasteiger partial charge < -0.3 is 5.32 Å². The van der Waals surface area contributed by atoms with E-state index >= 15 is 0 Å². The van der Waals surface area contributed by atoms with Crippen LogP contribution < -0.4 is 5.32 Å². The predicted octanol–water partition coefficient (Wildman–Crippen LogP) is 4.15. The number of fused-ring (bicyclic) bond motifs is 1. The first-order chi connectivity index (χ1) is 10.4. The predicted molar refractivity (Wildman–Crippen MR) is 87.0 cm³/mol. The van der Waals surface area contributed by atoms with Crippen LogP contribution in [0.3, 0.4) is 0 Å². The highest BCUT2D eigenvalue weighted by molar-refractivity contribution is 5.84. The highest BCUT2D eigenvalue weighted by Gasteiger charge is 2.19. The summed E-state index contributed by atoms with van der Waals surface area (Å²) in [5, 5.41) is 4.74. The van der Waals surface area contributed by atoms with Crippen molar-refractivity contribution in [1.82, 2.24) is 10.3 Å². The molecule has 2 aromatic carbocycles. The number of aromatic nitrogens is 1. The zero-order chi connectivity index (χ0) is 14.1. The van der Waals surface area contributed by atoms with Gasteiger partial charge in [0.15, 0.2) is 0 Å². The van der Waals surface area contributed by atoms with Crippen LogP contribution in [0.1, 0.15) is 18.4 Å². The number of benzene rings is 2. The Morgan fingerprint density at radius 3 is 2.57 bits per heavy atom. The molecule has 0 bridgehead atoms.